The van der Waals surface area contributed by atoms with E-state index in [1.54, 1.807) is 0 Å². The number of allylic oxidation sites excluding steroid dienone is 2. The molecule has 0 saturated carbocycles. The smallest absolute Gasteiger partial charge is 0.409 e. The van der Waals surface area contributed by atoms with Gasteiger partial charge in [0.2, 0.25) is 0 Å². The van der Waals surface area contributed by atoms with Gasteiger partial charge >= 0.3 is 7.05 Å². The van der Waals surface area contributed by atoms with Crippen LogP contribution in [0.5, 0.6) is 0 Å². The zero-order valence-corrected chi connectivity index (χ0v) is 14.1. The maximum absolute atomic E-state index is 5.73. The van der Waals surface area contributed by atoms with E-state index in [0.717, 1.165) is 6.42 Å². The van der Waals surface area contributed by atoms with Crippen LogP contribution in [0, 0.1) is 0 Å². The topological polar surface area (TPSA) is 21.7 Å². The number of hydrogen-bond donors (Lipinski definition) is 0. The molecule has 20 heavy (non-hydrogen) atoms. The fraction of sp³-hybridized carbons (Fsp3) is 0.467. The van der Waals surface area contributed by atoms with E-state index >= 15 is 0 Å². The molecule has 1 aliphatic heterocycles. The van der Waals surface area contributed by atoms with Gasteiger partial charge in [0.05, 0.1) is 6.61 Å². The lowest BCUT2D eigenvalue weighted by Crippen LogP contribution is -2.53. The predicted octanol–water partition coefficient (Wildman–Crippen LogP) is 3.97. The number of benzene rings is 1. The van der Waals surface area contributed by atoms with E-state index in [4.69, 9.17) is 9.69 Å². The molecule has 1 heterocycles. The maximum Gasteiger partial charge on any atom is 0.473 e. The number of anilines is 1. The molecule has 2 rings (SSSR count). The summed E-state index contributed by atoms with van der Waals surface area (Å²) in [6.07, 6.45) is 1.00. The zero-order valence-electron chi connectivity index (χ0n) is 13.1. The lowest BCUT2D eigenvalue weighted by atomic mass is 9.71. The summed E-state index contributed by atoms with van der Waals surface area (Å²) >= 11 is 0. The van der Waals surface area contributed by atoms with Crippen LogP contribution in [0.3, 0.4) is 0 Å². The Hall–Kier alpha value is -1.04. The fourth-order valence-corrected chi connectivity index (χ4v) is 5.96. The molecule has 0 aromatic heterocycles. The molecule has 0 atom stereocenters. The molecule has 0 radical (unpaired) electrons. The number of nitrogens with zero attached hydrogens (tertiary/aromatic N) is 1. The fourth-order valence-electron chi connectivity index (χ4n) is 2.93. The van der Waals surface area contributed by atoms with Crippen LogP contribution in [0.25, 0.3) is 0 Å². The normalized spacial score (nSPS) is 18.1. The van der Waals surface area contributed by atoms with Crippen molar-refractivity contribution in [2.45, 2.75) is 40.3 Å². The zero-order chi connectivity index (χ0) is 14.8. The van der Waals surface area contributed by atoms with E-state index in [-0.39, 0.29) is 7.05 Å². The molecule has 0 unspecified atom stereocenters. The average Bonchev–Trinajstić information content (AvgIpc) is 2.64. The van der Waals surface area contributed by atoms with Crippen molar-refractivity contribution in [3.8, 4) is 0 Å². The van der Waals surface area contributed by atoms with Crippen LogP contribution in [0.4, 0.5) is 5.69 Å². The van der Waals surface area contributed by atoms with Crippen molar-refractivity contribution in [3.63, 3.8) is 0 Å². The largest absolute Gasteiger partial charge is 0.473 e. The number of hydrogen-bond acceptors (Lipinski definition) is 3. The second-order valence-electron chi connectivity index (χ2n) is 5.62. The minimum atomic E-state index is -1.70. The highest BCUT2D eigenvalue weighted by Crippen LogP contribution is 2.38. The molecular formula is C15H24BNO2Si. The summed E-state index contributed by atoms with van der Waals surface area (Å²) in [6, 6.07) is 10.5. The summed E-state index contributed by atoms with van der Waals surface area (Å²) in [6.45, 7) is 11.7. The first-order valence-electron chi connectivity index (χ1n) is 7.36. The first kappa shape index (κ1) is 15.4. The van der Waals surface area contributed by atoms with E-state index in [9.17, 15) is 0 Å². The molecule has 108 valence electrons. The van der Waals surface area contributed by atoms with Crippen molar-refractivity contribution >= 4 is 21.0 Å². The molecule has 0 amide bonds. The van der Waals surface area contributed by atoms with Gasteiger partial charge in [-0.05, 0) is 51.0 Å². The van der Waals surface area contributed by atoms with Gasteiger partial charge in [-0.15, -0.1) is 0 Å². The molecule has 0 saturated heterocycles. The maximum atomic E-state index is 5.73. The molecule has 5 heteroatoms. The molecule has 0 bridgehead atoms. The van der Waals surface area contributed by atoms with Crippen molar-refractivity contribution < 1.29 is 9.69 Å². The molecule has 3 nitrogen and oxygen atoms in total. The van der Waals surface area contributed by atoms with Crippen molar-refractivity contribution in [1.29, 1.82) is 0 Å². The Kier molecular flexibility index (Phi) is 4.73. The van der Waals surface area contributed by atoms with Crippen LogP contribution in [0.1, 0.15) is 27.2 Å². The molecule has 0 fully saturated rings. The van der Waals surface area contributed by atoms with Crippen LogP contribution in [0.2, 0.25) is 13.1 Å². The molecule has 0 N–H and O–H groups in total. The molecule has 1 aliphatic rings. The number of para-hydroxylation sites is 1. The molecule has 0 aliphatic carbocycles. The van der Waals surface area contributed by atoms with Gasteiger partial charge in [0.25, 0.3) is 0 Å². The van der Waals surface area contributed by atoms with Crippen LogP contribution < -0.4 is 4.48 Å². The van der Waals surface area contributed by atoms with Crippen molar-refractivity contribution in [2.75, 3.05) is 11.1 Å². The SMILES string of the molecule is CCOOB1C(CC)=C(C)[Si](C)(C)N1c1ccccc1. The van der Waals surface area contributed by atoms with E-state index in [1.165, 1.54) is 16.4 Å². The monoisotopic (exact) mass is 289 g/mol. The minimum absolute atomic E-state index is 0.0796. The molecule has 0 spiro atoms. The minimum Gasteiger partial charge on any atom is -0.409 e. The van der Waals surface area contributed by atoms with Gasteiger partial charge in [0.15, 0.2) is 8.24 Å². The van der Waals surface area contributed by atoms with Gasteiger partial charge in [0, 0.05) is 5.69 Å². The summed E-state index contributed by atoms with van der Waals surface area (Å²) in [5.41, 5.74) is 2.59. The Morgan fingerprint density at radius 1 is 1.15 bits per heavy atom. The Morgan fingerprint density at radius 3 is 2.35 bits per heavy atom. The summed E-state index contributed by atoms with van der Waals surface area (Å²) in [4.78, 5) is 11.0. The van der Waals surface area contributed by atoms with E-state index < -0.39 is 8.24 Å². The van der Waals surface area contributed by atoms with Crippen molar-refractivity contribution in [3.05, 3.63) is 41.0 Å². The van der Waals surface area contributed by atoms with Crippen LogP contribution >= 0.6 is 0 Å². The van der Waals surface area contributed by atoms with Gasteiger partial charge in [-0.2, -0.15) is 0 Å². The average molecular weight is 289 g/mol. The Morgan fingerprint density at radius 2 is 1.80 bits per heavy atom. The van der Waals surface area contributed by atoms with Crippen molar-refractivity contribution in [2.24, 2.45) is 0 Å². The first-order valence-corrected chi connectivity index (χ1v) is 10.3. The highest BCUT2D eigenvalue weighted by molar-refractivity contribution is 7.02. The lowest BCUT2D eigenvalue weighted by Gasteiger charge is -2.36. The van der Waals surface area contributed by atoms with E-state index in [1.807, 2.05) is 13.0 Å². The Labute approximate surface area is 123 Å². The van der Waals surface area contributed by atoms with Crippen LogP contribution in [0.15, 0.2) is 41.0 Å². The predicted molar refractivity (Wildman–Crippen MR) is 87.9 cm³/mol. The van der Waals surface area contributed by atoms with Gasteiger partial charge in [0.1, 0.15) is 0 Å². The Bertz CT molecular complexity index is 490. The van der Waals surface area contributed by atoms with Gasteiger partial charge in [-0.3, -0.25) is 9.69 Å². The highest BCUT2D eigenvalue weighted by Gasteiger charge is 2.50. The molecular weight excluding hydrogens is 265 g/mol. The Balaban J connectivity index is 2.42. The van der Waals surface area contributed by atoms with Crippen LogP contribution in [-0.2, 0) is 9.69 Å². The van der Waals surface area contributed by atoms with E-state index in [0.29, 0.717) is 6.61 Å². The second-order valence-corrected chi connectivity index (χ2v) is 9.97. The standard InChI is InChI=1S/C15H24BNO2Si/c1-6-15-13(3)20(4,5)17(16(15)19-18-7-2)14-11-9-8-10-12-14/h8-12H,6-7H2,1-5H3. The quantitative estimate of drug-likeness (QED) is 0.465. The van der Waals surface area contributed by atoms with Crippen molar-refractivity contribution in [1.82, 2.24) is 0 Å². The first-order chi connectivity index (χ1) is 9.54. The summed E-state index contributed by atoms with van der Waals surface area (Å²) < 4.78 is 2.44. The van der Waals surface area contributed by atoms with Gasteiger partial charge in [-0.1, -0.05) is 30.3 Å². The summed E-state index contributed by atoms with van der Waals surface area (Å²) in [7, 11) is -1.78. The summed E-state index contributed by atoms with van der Waals surface area (Å²) in [5, 5.41) is 1.51. The third-order valence-corrected chi connectivity index (χ3v) is 8.08. The molecule has 1 aromatic carbocycles. The highest BCUT2D eigenvalue weighted by atomic mass is 28.3. The van der Waals surface area contributed by atoms with Gasteiger partial charge < -0.3 is 4.48 Å². The molecule has 1 aromatic rings. The van der Waals surface area contributed by atoms with E-state index in [2.05, 4.69) is 55.7 Å². The third kappa shape index (κ3) is 2.58. The summed E-state index contributed by atoms with van der Waals surface area (Å²) in [5.74, 6) is 0. The lowest BCUT2D eigenvalue weighted by molar-refractivity contribution is -0.207. The third-order valence-electron chi connectivity index (χ3n) is 4.23. The van der Waals surface area contributed by atoms with Crippen LogP contribution in [-0.4, -0.2) is 21.9 Å². The second kappa shape index (κ2) is 6.16. The van der Waals surface area contributed by atoms with Gasteiger partial charge in [-0.25, -0.2) is 0 Å². The number of rotatable bonds is 5.